The molecule has 1 fully saturated rings. The lowest BCUT2D eigenvalue weighted by atomic mass is 10.1. The van der Waals surface area contributed by atoms with Crippen LogP contribution in [0.15, 0.2) is 22.7 Å². The Morgan fingerprint density at radius 3 is 3.06 bits per heavy atom. The summed E-state index contributed by atoms with van der Waals surface area (Å²) in [5.74, 6) is 1.13. The summed E-state index contributed by atoms with van der Waals surface area (Å²) in [5, 5.41) is 0.569. The van der Waals surface area contributed by atoms with Gasteiger partial charge >= 0.3 is 0 Å². The zero-order chi connectivity index (χ0) is 13.1. The minimum Gasteiger partial charge on any atom is -0.398 e. The van der Waals surface area contributed by atoms with E-state index in [1.54, 1.807) is 18.2 Å². The van der Waals surface area contributed by atoms with Crippen LogP contribution in [-0.2, 0) is 0 Å². The fourth-order valence-electron chi connectivity index (χ4n) is 1.99. The van der Waals surface area contributed by atoms with E-state index in [0.29, 0.717) is 16.5 Å². The van der Waals surface area contributed by atoms with Crippen LogP contribution >= 0.6 is 27.7 Å². The molecular weight excluding hydrogens is 312 g/mol. The number of carbonyl (C=O) groups excluding carboxylic acids is 1. The summed E-state index contributed by atoms with van der Waals surface area (Å²) in [6.07, 6.45) is 1.11. The molecule has 3 nitrogen and oxygen atoms in total. The third-order valence-corrected chi connectivity index (χ3v) is 5.19. The normalized spacial score (nSPS) is 19.9. The van der Waals surface area contributed by atoms with Crippen LogP contribution in [0.4, 0.5) is 5.69 Å². The summed E-state index contributed by atoms with van der Waals surface area (Å²) >= 11 is 5.33. The Balaban J connectivity index is 2.12. The minimum atomic E-state index is 0.106. The van der Waals surface area contributed by atoms with Crippen LogP contribution in [0.2, 0.25) is 0 Å². The molecule has 1 unspecified atom stereocenters. The zero-order valence-corrected chi connectivity index (χ0v) is 12.8. The fourth-order valence-corrected chi connectivity index (χ4v) is 3.55. The highest BCUT2D eigenvalue weighted by molar-refractivity contribution is 9.10. The molecule has 1 aliphatic rings. The number of rotatable bonds is 2. The number of halogens is 1. The van der Waals surface area contributed by atoms with E-state index in [4.69, 9.17) is 5.73 Å². The second-order valence-electron chi connectivity index (χ2n) is 4.39. The van der Waals surface area contributed by atoms with E-state index >= 15 is 0 Å². The maximum Gasteiger partial charge on any atom is 0.253 e. The number of amides is 1. The highest BCUT2D eigenvalue weighted by Gasteiger charge is 2.24. The molecule has 0 aromatic heterocycles. The SMILES string of the molecule is CCC1CN(C(=O)c2ccc(N)c(Br)c2)CCS1. The molecule has 2 N–H and O–H groups in total. The van der Waals surface area contributed by atoms with E-state index in [0.717, 1.165) is 29.7 Å². The first-order chi connectivity index (χ1) is 8.61. The number of thioether (sulfide) groups is 1. The van der Waals surface area contributed by atoms with Crippen molar-refractivity contribution in [1.29, 1.82) is 0 Å². The molecule has 0 bridgehead atoms. The summed E-state index contributed by atoms with van der Waals surface area (Å²) in [6.45, 7) is 3.86. The zero-order valence-electron chi connectivity index (χ0n) is 10.4. The minimum absolute atomic E-state index is 0.106. The van der Waals surface area contributed by atoms with E-state index in [2.05, 4.69) is 22.9 Å². The number of nitrogen functional groups attached to an aromatic ring is 1. The lowest BCUT2D eigenvalue weighted by Crippen LogP contribution is -2.41. The molecule has 18 heavy (non-hydrogen) atoms. The molecule has 1 aromatic rings. The molecule has 1 aromatic carbocycles. The number of benzene rings is 1. The number of nitrogens with zero attached hydrogens (tertiary/aromatic N) is 1. The second kappa shape index (κ2) is 5.97. The molecular formula is C13H17BrN2OS. The Bertz CT molecular complexity index is 453. The third-order valence-electron chi connectivity index (χ3n) is 3.13. The maximum absolute atomic E-state index is 12.4. The van der Waals surface area contributed by atoms with Gasteiger partial charge in [0.1, 0.15) is 0 Å². The average molecular weight is 329 g/mol. The monoisotopic (exact) mass is 328 g/mol. The van der Waals surface area contributed by atoms with Gasteiger partial charge < -0.3 is 10.6 Å². The average Bonchev–Trinajstić information content (AvgIpc) is 2.41. The Morgan fingerprint density at radius 2 is 2.39 bits per heavy atom. The first kappa shape index (κ1) is 13.7. The Labute approximate surface area is 120 Å². The molecule has 0 saturated carbocycles. The van der Waals surface area contributed by atoms with Gasteiger partial charge in [-0.2, -0.15) is 11.8 Å². The maximum atomic E-state index is 12.4. The van der Waals surface area contributed by atoms with Crippen LogP contribution in [-0.4, -0.2) is 34.9 Å². The third kappa shape index (κ3) is 3.01. The van der Waals surface area contributed by atoms with Crippen molar-refractivity contribution < 1.29 is 4.79 Å². The largest absolute Gasteiger partial charge is 0.398 e. The van der Waals surface area contributed by atoms with E-state index < -0.39 is 0 Å². The van der Waals surface area contributed by atoms with Gasteiger partial charge in [0.2, 0.25) is 0 Å². The van der Waals surface area contributed by atoms with Crippen LogP contribution in [0, 0.1) is 0 Å². The molecule has 0 aliphatic carbocycles. The molecule has 1 amide bonds. The van der Waals surface area contributed by atoms with Gasteiger partial charge in [-0.3, -0.25) is 4.79 Å². The predicted octanol–water partition coefficient (Wildman–Crippen LogP) is 3.00. The lowest BCUT2D eigenvalue weighted by Gasteiger charge is -2.32. The summed E-state index contributed by atoms with van der Waals surface area (Å²) in [7, 11) is 0. The molecule has 0 radical (unpaired) electrons. The van der Waals surface area contributed by atoms with Gasteiger partial charge in [0.15, 0.2) is 0 Å². The molecule has 1 saturated heterocycles. The molecule has 98 valence electrons. The van der Waals surface area contributed by atoms with Crippen molar-refractivity contribution in [2.75, 3.05) is 24.6 Å². The Hall–Kier alpha value is -0.680. The molecule has 1 aliphatic heterocycles. The summed E-state index contributed by atoms with van der Waals surface area (Å²) < 4.78 is 0.784. The second-order valence-corrected chi connectivity index (χ2v) is 6.65. The van der Waals surface area contributed by atoms with Crippen LogP contribution in [0.25, 0.3) is 0 Å². The smallest absolute Gasteiger partial charge is 0.253 e. The molecule has 5 heteroatoms. The van der Waals surface area contributed by atoms with Gasteiger partial charge in [-0.1, -0.05) is 6.92 Å². The standard InChI is InChI=1S/C13H17BrN2OS/c1-2-10-8-16(5-6-18-10)13(17)9-3-4-12(15)11(14)7-9/h3-4,7,10H,2,5-6,8,15H2,1H3. The summed E-state index contributed by atoms with van der Waals surface area (Å²) in [5.41, 5.74) is 7.10. The van der Waals surface area contributed by atoms with Gasteiger partial charge in [0.05, 0.1) is 0 Å². The topological polar surface area (TPSA) is 46.3 Å². The first-order valence-electron chi connectivity index (χ1n) is 6.07. The highest BCUT2D eigenvalue weighted by atomic mass is 79.9. The number of anilines is 1. The van der Waals surface area contributed by atoms with E-state index in [1.165, 1.54) is 0 Å². The number of carbonyl (C=O) groups is 1. The van der Waals surface area contributed by atoms with E-state index in [-0.39, 0.29) is 5.91 Å². The van der Waals surface area contributed by atoms with Crippen molar-refractivity contribution in [1.82, 2.24) is 4.90 Å². The van der Waals surface area contributed by atoms with Crippen molar-refractivity contribution in [3.63, 3.8) is 0 Å². The molecule has 1 atom stereocenters. The van der Waals surface area contributed by atoms with Gasteiger partial charge in [0, 0.05) is 39.8 Å². The van der Waals surface area contributed by atoms with Crippen molar-refractivity contribution >= 4 is 39.3 Å². The van der Waals surface area contributed by atoms with E-state index in [9.17, 15) is 4.79 Å². The fraction of sp³-hybridized carbons (Fsp3) is 0.462. The van der Waals surface area contributed by atoms with Crippen molar-refractivity contribution in [3.8, 4) is 0 Å². The highest BCUT2D eigenvalue weighted by Crippen LogP contribution is 2.25. The summed E-state index contributed by atoms with van der Waals surface area (Å²) in [4.78, 5) is 14.3. The van der Waals surface area contributed by atoms with Crippen molar-refractivity contribution in [3.05, 3.63) is 28.2 Å². The van der Waals surface area contributed by atoms with Crippen molar-refractivity contribution in [2.24, 2.45) is 0 Å². The van der Waals surface area contributed by atoms with Crippen molar-refractivity contribution in [2.45, 2.75) is 18.6 Å². The predicted molar refractivity (Wildman–Crippen MR) is 81.0 cm³/mol. The van der Waals surface area contributed by atoms with Crippen LogP contribution in [0.5, 0.6) is 0 Å². The van der Waals surface area contributed by atoms with Crippen LogP contribution in [0.3, 0.4) is 0 Å². The molecule has 1 heterocycles. The van der Waals surface area contributed by atoms with E-state index in [1.807, 2.05) is 16.7 Å². The molecule has 2 rings (SSSR count). The number of hydrogen-bond donors (Lipinski definition) is 1. The van der Waals surface area contributed by atoms with Gasteiger partial charge in [-0.05, 0) is 40.5 Å². The Morgan fingerprint density at radius 1 is 1.61 bits per heavy atom. The number of hydrogen-bond acceptors (Lipinski definition) is 3. The van der Waals surface area contributed by atoms with Gasteiger partial charge in [0.25, 0.3) is 5.91 Å². The number of nitrogens with two attached hydrogens (primary N) is 1. The summed E-state index contributed by atoms with van der Waals surface area (Å²) in [6, 6.07) is 5.37. The quantitative estimate of drug-likeness (QED) is 0.849. The lowest BCUT2D eigenvalue weighted by molar-refractivity contribution is 0.0761. The first-order valence-corrected chi connectivity index (χ1v) is 7.92. The molecule has 0 spiro atoms. The van der Waals surface area contributed by atoms with Crippen LogP contribution in [0.1, 0.15) is 23.7 Å². The van der Waals surface area contributed by atoms with Crippen LogP contribution < -0.4 is 5.73 Å². The van der Waals surface area contributed by atoms with Gasteiger partial charge in [-0.25, -0.2) is 0 Å². The Kier molecular flexibility index (Phi) is 4.56. The van der Waals surface area contributed by atoms with Gasteiger partial charge in [-0.15, -0.1) is 0 Å².